The number of nitrogens with one attached hydrogen (secondary N) is 1. The fourth-order valence-corrected chi connectivity index (χ4v) is 4.55. The first kappa shape index (κ1) is 32.6. The van der Waals surface area contributed by atoms with Crippen LogP contribution in [0, 0.1) is 0 Å². The number of hydrogen-bond acceptors (Lipinski definition) is 8. The molecule has 39 heavy (non-hydrogen) atoms. The molecule has 0 aliphatic rings. The van der Waals surface area contributed by atoms with Gasteiger partial charge in [0.25, 0.3) is 0 Å². The largest absolute Gasteiger partial charge is 0.491 e. The Morgan fingerprint density at radius 2 is 1.85 bits per heavy atom. The minimum atomic E-state index is -4.64. The fourth-order valence-electron chi connectivity index (χ4n) is 3.21. The van der Waals surface area contributed by atoms with Crippen LogP contribution in [0.15, 0.2) is 30.5 Å². The third kappa shape index (κ3) is 12.0. The maximum absolute atomic E-state index is 13.0. The Bertz CT molecular complexity index is 1180. The second-order valence-corrected chi connectivity index (χ2v) is 10.6. The molecule has 1 amide bonds. The number of ether oxygens (including phenoxy) is 4. The highest BCUT2D eigenvalue weighted by atomic mass is 35.5. The van der Waals surface area contributed by atoms with Gasteiger partial charge in [0.05, 0.1) is 31.1 Å². The molecular weight excluding hydrogens is 565 g/mol. The number of hydrogen-bond donors (Lipinski definition) is 1. The van der Waals surface area contributed by atoms with Gasteiger partial charge in [0.15, 0.2) is 0 Å². The van der Waals surface area contributed by atoms with Crippen molar-refractivity contribution in [1.82, 2.24) is 9.71 Å². The van der Waals surface area contributed by atoms with Gasteiger partial charge in [-0.25, -0.2) is 13.4 Å². The molecular formula is C25H32ClF3N2O7S. The summed E-state index contributed by atoms with van der Waals surface area (Å²) in [5.41, 5.74) is -0.586. The van der Waals surface area contributed by atoms with Crippen molar-refractivity contribution < 1.29 is 45.3 Å². The first-order valence-corrected chi connectivity index (χ1v) is 14.2. The van der Waals surface area contributed by atoms with Gasteiger partial charge in [-0.2, -0.15) is 13.2 Å². The molecule has 0 aliphatic heterocycles. The smallest absolute Gasteiger partial charge is 0.417 e. The number of rotatable bonds is 17. The summed E-state index contributed by atoms with van der Waals surface area (Å²) in [6, 6.07) is 5.37. The van der Waals surface area contributed by atoms with Crippen LogP contribution in [0.1, 0.15) is 43.7 Å². The Kier molecular flexibility index (Phi) is 13.2. The number of sulfonamides is 1. The molecule has 2 aromatic rings. The third-order valence-electron chi connectivity index (χ3n) is 5.22. The van der Waals surface area contributed by atoms with E-state index in [9.17, 15) is 26.4 Å². The predicted molar refractivity (Wildman–Crippen MR) is 139 cm³/mol. The van der Waals surface area contributed by atoms with Gasteiger partial charge >= 0.3 is 6.18 Å². The van der Waals surface area contributed by atoms with Crippen molar-refractivity contribution >= 4 is 27.5 Å². The summed E-state index contributed by atoms with van der Waals surface area (Å²) in [5.74, 6) is -0.651. The number of carbonyl (C=O) groups is 1. The van der Waals surface area contributed by atoms with Crippen LogP contribution >= 0.6 is 11.6 Å². The summed E-state index contributed by atoms with van der Waals surface area (Å²) in [4.78, 5) is 16.0. The van der Waals surface area contributed by atoms with Crippen LogP contribution < -0.4 is 14.2 Å². The molecule has 14 heteroatoms. The van der Waals surface area contributed by atoms with E-state index >= 15 is 0 Å². The van der Waals surface area contributed by atoms with Crippen molar-refractivity contribution in [2.75, 3.05) is 39.3 Å². The summed E-state index contributed by atoms with van der Waals surface area (Å²) < 4.78 is 86.8. The molecule has 0 aliphatic carbocycles. The van der Waals surface area contributed by atoms with Crippen LogP contribution in [-0.2, 0) is 36.9 Å². The number of carbonyl (C=O) groups excluding carboxylic acids is 1. The number of unbranched alkanes of at least 4 members (excludes halogenated alkanes) is 2. The highest BCUT2D eigenvalue weighted by molar-refractivity contribution is 7.90. The zero-order chi connectivity index (χ0) is 28.9. The summed E-state index contributed by atoms with van der Waals surface area (Å²) in [6.07, 6.45) is -2.17. The zero-order valence-electron chi connectivity index (χ0n) is 21.7. The van der Waals surface area contributed by atoms with Crippen LogP contribution in [0.3, 0.4) is 0 Å². The molecule has 1 heterocycles. The van der Waals surface area contributed by atoms with Gasteiger partial charge < -0.3 is 18.9 Å². The van der Waals surface area contributed by atoms with Gasteiger partial charge in [0, 0.05) is 25.8 Å². The van der Waals surface area contributed by atoms with Crippen molar-refractivity contribution in [3.63, 3.8) is 0 Å². The number of benzene rings is 1. The molecule has 218 valence electrons. The van der Waals surface area contributed by atoms with Gasteiger partial charge in [0.1, 0.15) is 23.1 Å². The molecule has 0 bridgehead atoms. The van der Waals surface area contributed by atoms with Gasteiger partial charge in [-0.05, 0) is 30.5 Å². The predicted octanol–water partition coefficient (Wildman–Crippen LogP) is 5.16. The van der Waals surface area contributed by atoms with Gasteiger partial charge in [-0.3, -0.25) is 9.52 Å². The van der Waals surface area contributed by atoms with Crippen LogP contribution in [0.25, 0.3) is 0 Å². The molecule has 0 atom stereocenters. The lowest BCUT2D eigenvalue weighted by Crippen LogP contribution is -2.32. The van der Waals surface area contributed by atoms with Gasteiger partial charge in [-0.1, -0.05) is 37.4 Å². The maximum Gasteiger partial charge on any atom is 0.417 e. The Morgan fingerprint density at radius 1 is 1.10 bits per heavy atom. The van der Waals surface area contributed by atoms with Crippen molar-refractivity contribution in [2.45, 2.75) is 45.2 Å². The minimum Gasteiger partial charge on any atom is -0.491 e. The monoisotopic (exact) mass is 596 g/mol. The van der Waals surface area contributed by atoms with E-state index in [1.807, 2.05) is 11.6 Å². The number of pyridine rings is 1. The van der Waals surface area contributed by atoms with Crippen LogP contribution in [0.5, 0.6) is 17.4 Å². The maximum atomic E-state index is 13.0. The molecule has 0 spiro atoms. The molecule has 0 fully saturated rings. The number of methoxy groups -OCH3 is 1. The quantitative estimate of drug-likeness (QED) is 0.249. The first-order chi connectivity index (χ1) is 18.4. The van der Waals surface area contributed by atoms with Crippen molar-refractivity contribution in [3.05, 3.63) is 46.6 Å². The van der Waals surface area contributed by atoms with Gasteiger partial charge in [-0.15, -0.1) is 0 Å². The summed E-state index contributed by atoms with van der Waals surface area (Å²) in [6.45, 7) is 3.23. The average molecular weight is 597 g/mol. The zero-order valence-corrected chi connectivity index (χ0v) is 23.3. The molecule has 0 radical (unpaired) electrons. The minimum absolute atomic E-state index is 0.0598. The Labute approximate surface area is 231 Å². The average Bonchev–Trinajstić information content (AvgIpc) is 2.86. The topological polar surface area (TPSA) is 113 Å². The number of amides is 1. The van der Waals surface area contributed by atoms with E-state index < -0.39 is 27.7 Å². The Balaban J connectivity index is 2.16. The van der Waals surface area contributed by atoms with Crippen molar-refractivity contribution in [1.29, 1.82) is 0 Å². The molecule has 9 nitrogen and oxygen atoms in total. The Morgan fingerprint density at radius 3 is 2.51 bits per heavy atom. The number of halogens is 4. The summed E-state index contributed by atoms with van der Waals surface area (Å²) in [7, 11) is -2.20. The molecule has 0 unspecified atom stereocenters. The number of nitrogens with zero attached hydrogens (tertiary/aromatic N) is 1. The SMILES string of the molecule is CCCCCS(=O)(=O)NC(=O)CCc1ccc(OCCOCCOC)cc1Oc1ncc(C(F)(F)F)cc1Cl. The van der Waals surface area contributed by atoms with E-state index in [1.165, 1.54) is 6.07 Å². The summed E-state index contributed by atoms with van der Waals surface area (Å²) >= 11 is 6.00. The Hall–Kier alpha value is -2.61. The standard InChI is InChI=1S/C25H32ClF3N2O7S/c1-3-4-5-14-39(33,34)31-23(32)9-7-18-6-8-20(37-13-12-36-11-10-35-2)16-22(18)38-24-21(26)15-19(17-30-24)25(27,28)29/h6,8,15-17H,3-5,7,9-14H2,1-2H3,(H,31,32). The lowest BCUT2D eigenvalue weighted by molar-refractivity contribution is -0.137. The van der Waals surface area contributed by atoms with E-state index in [4.69, 9.17) is 30.5 Å². The molecule has 1 aromatic heterocycles. The highest BCUT2D eigenvalue weighted by Gasteiger charge is 2.32. The second-order valence-electron chi connectivity index (χ2n) is 8.39. The highest BCUT2D eigenvalue weighted by Crippen LogP contribution is 2.36. The second kappa shape index (κ2) is 15.8. The lowest BCUT2D eigenvalue weighted by Gasteiger charge is -2.15. The van der Waals surface area contributed by atoms with Crippen LogP contribution in [0.2, 0.25) is 5.02 Å². The van der Waals surface area contributed by atoms with E-state index in [1.54, 1.807) is 19.2 Å². The van der Waals surface area contributed by atoms with E-state index in [2.05, 4.69) is 4.98 Å². The molecule has 0 saturated carbocycles. The number of alkyl halides is 3. The number of aryl methyl sites for hydroxylation is 1. The van der Waals surface area contributed by atoms with Crippen molar-refractivity contribution in [3.8, 4) is 17.4 Å². The first-order valence-electron chi connectivity index (χ1n) is 12.2. The molecule has 1 aromatic carbocycles. The summed E-state index contributed by atoms with van der Waals surface area (Å²) in [5, 5.41) is -0.371. The van der Waals surface area contributed by atoms with Crippen molar-refractivity contribution in [2.24, 2.45) is 0 Å². The van der Waals surface area contributed by atoms with Crippen LogP contribution in [-0.4, -0.2) is 58.6 Å². The van der Waals surface area contributed by atoms with Gasteiger partial charge in [0.2, 0.25) is 21.8 Å². The van der Waals surface area contributed by atoms with E-state index in [-0.39, 0.29) is 48.5 Å². The van der Waals surface area contributed by atoms with E-state index in [0.717, 1.165) is 12.8 Å². The third-order valence-corrected chi connectivity index (χ3v) is 6.85. The van der Waals surface area contributed by atoms with E-state index in [0.29, 0.717) is 43.2 Å². The number of aromatic nitrogens is 1. The molecule has 2 rings (SSSR count). The fraction of sp³-hybridized carbons (Fsp3) is 0.520. The lowest BCUT2D eigenvalue weighted by atomic mass is 10.1. The normalized spacial score (nSPS) is 11.8. The molecule has 0 saturated heterocycles. The molecule has 1 N–H and O–H groups in total. The van der Waals surface area contributed by atoms with Crippen LogP contribution in [0.4, 0.5) is 13.2 Å².